The normalized spacial score (nSPS) is 13.2. The van der Waals surface area contributed by atoms with Gasteiger partial charge in [0.15, 0.2) is 0 Å². The first-order valence-electron chi connectivity index (χ1n) is 7.90. The molecule has 0 aliphatic carbocycles. The Bertz CT molecular complexity index is 421. The molecule has 21 heavy (non-hydrogen) atoms. The van der Waals surface area contributed by atoms with Crippen LogP contribution in [0.1, 0.15) is 44.9 Å². The van der Waals surface area contributed by atoms with Crippen molar-refractivity contribution in [3.63, 3.8) is 0 Å². The first kappa shape index (κ1) is 18.0. The summed E-state index contributed by atoms with van der Waals surface area (Å²) in [7, 11) is 1.64. The molecule has 0 bridgehead atoms. The van der Waals surface area contributed by atoms with Gasteiger partial charge in [-0.25, -0.2) is 0 Å². The van der Waals surface area contributed by atoms with E-state index < -0.39 is 6.10 Å². The first-order valence-corrected chi connectivity index (χ1v) is 7.90. The zero-order valence-corrected chi connectivity index (χ0v) is 14.3. The highest BCUT2D eigenvalue weighted by atomic mass is 16.5. The Morgan fingerprint density at radius 1 is 1.10 bits per heavy atom. The van der Waals surface area contributed by atoms with Crippen LogP contribution < -0.4 is 10.1 Å². The molecule has 0 aliphatic rings. The highest BCUT2D eigenvalue weighted by Crippen LogP contribution is 2.26. The Labute approximate surface area is 129 Å². The third kappa shape index (κ3) is 5.33. The Balaban J connectivity index is 2.61. The molecular formula is C18H31NO2. The number of ether oxygens (including phenoxy) is 1. The molecule has 120 valence electrons. The summed E-state index contributed by atoms with van der Waals surface area (Å²) in [6, 6.07) is 5.91. The molecular weight excluding hydrogens is 262 g/mol. The lowest BCUT2D eigenvalue weighted by molar-refractivity contribution is 0.163. The summed E-state index contributed by atoms with van der Waals surface area (Å²) in [5, 5.41) is 13.8. The van der Waals surface area contributed by atoms with Gasteiger partial charge >= 0.3 is 0 Å². The molecule has 1 unspecified atom stereocenters. The SMILES string of the molecule is COc1ccc(C)cc1C(O)CNCC(C(C)C)C(C)C. The van der Waals surface area contributed by atoms with Crippen LogP contribution in [0.3, 0.4) is 0 Å². The number of nitrogens with one attached hydrogen (secondary N) is 1. The van der Waals surface area contributed by atoms with Crippen molar-refractivity contribution in [2.24, 2.45) is 17.8 Å². The summed E-state index contributed by atoms with van der Waals surface area (Å²) in [5.41, 5.74) is 1.99. The van der Waals surface area contributed by atoms with Crippen LogP contribution in [0.2, 0.25) is 0 Å². The minimum atomic E-state index is -0.542. The first-order chi connectivity index (χ1) is 9.86. The van der Waals surface area contributed by atoms with Crippen LogP contribution >= 0.6 is 0 Å². The molecule has 0 saturated heterocycles. The molecule has 0 radical (unpaired) electrons. The van der Waals surface area contributed by atoms with Gasteiger partial charge in [0, 0.05) is 12.1 Å². The van der Waals surface area contributed by atoms with E-state index in [0.717, 1.165) is 23.4 Å². The zero-order valence-electron chi connectivity index (χ0n) is 14.3. The monoisotopic (exact) mass is 293 g/mol. The van der Waals surface area contributed by atoms with E-state index >= 15 is 0 Å². The molecule has 1 atom stereocenters. The van der Waals surface area contributed by atoms with Crippen molar-refractivity contribution >= 4 is 0 Å². The van der Waals surface area contributed by atoms with Crippen LogP contribution in [-0.4, -0.2) is 25.3 Å². The fraction of sp³-hybridized carbons (Fsp3) is 0.667. The fourth-order valence-corrected chi connectivity index (χ4v) is 2.85. The predicted molar refractivity (Wildman–Crippen MR) is 88.7 cm³/mol. The van der Waals surface area contributed by atoms with Gasteiger partial charge < -0.3 is 15.2 Å². The summed E-state index contributed by atoms with van der Waals surface area (Å²) in [5.74, 6) is 2.65. The number of rotatable bonds is 8. The Kier molecular flexibility index (Phi) is 7.20. The minimum absolute atomic E-state index is 0.542. The lowest BCUT2D eigenvalue weighted by Crippen LogP contribution is -2.32. The van der Waals surface area contributed by atoms with Crippen molar-refractivity contribution in [2.75, 3.05) is 20.2 Å². The molecule has 0 heterocycles. The number of hydrogen-bond acceptors (Lipinski definition) is 3. The standard InChI is InChI=1S/C18H31NO2/c1-12(2)16(13(3)4)10-19-11-17(20)15-9-14(5)7-8-18(15)21-6/h7-9,12-13,16-17,19-20H,10-11H2,1-6H3. The van der Waals surface area contributed by atoms with Gasteiger partial charge in [-0.2, -0.15) is 0 Å². The molecule has 0 fully saturated rings. The van der Waals surface area contributed by atoms with E-state index in [1.54, 1.807) is 7.11 Å². The Morgan fingerprint density at radius 3 is 2.24 bits per heavy atom. The quantitative estimate of drug-likeness (QED) is 0.770. The second-order valence-corrected chi connectivity index (χ2v) is 6.57. The number of benzene rings is 1. The third-order valence-electron chi connectivity index (χ3n) is 4.17. The van der Waals surface area contributed by atoms with Crippen molar-refractivity contribution in [3.8, 4) is 5.75 Å². The van der Waals surface area contributed by atoms with Gasteiger partial charge in [-0.15, -0.1) is 0 Å². The minimum Gasteiger partial charge on any atom is -0.496 e. The maximum Gasteiger partial charge on any atom is 0.124 e. The molecule has 1 aromatic carbocycles. The molecule has 0 saturated carbocycles. The maximum absolute atomic E-state index is 10.4. The van der Waals surface area contributed by atoms with E-state index in [4.69, 9.17) is 4.74 Å². The second kappa shape index (κ2) is 8.40. The summed E-state index contributed by atoms with van der Waals surface area (Å²) < 4.78 is 5.34. The molecule has 1 aromatic rings. The van der Waals surface area contributed by atoms with Crippen molar-refractivity contribution in [3.05, 3.63) is 29.3 Å². The van der Waals surface area contributed by atoms with E-state index in [1.807, 2.05) is 25.1 Å². The second-order valence-electron chi connectivity index (χ2n) is 6.57. The van der Waals surface area contributed by atoms with Crippen molar-refractivity contribution < 1.29 is 9.84 Å². The van der Waals surface area contributed by atoms with Gasteiger partial charge in [-0.1, -0.05) is 39.3 Å². The summed E-state index contributed by atoms with van der Waals surface area (Å²) in [6.45, 7) is 12.5. The molecule has 3 heteroatoms. The molecule has 3 nitrogen and oxygen atoms in total. The Hall–Kier alpha value is -1.06. The van der Waals surface area contributed by atoms with E-state index in [2.05, 4.69) is 33.0 Å². The maximum atomic E-state index is 10.4. The van der Waals surface area contributed by atoms with Crippen LogP contribution in [0.5, 0.6) is 5.75 Å². The van der Waals surface area contributed by atoms with E-state index in [0.29, 0.717) is 24.3 Å². The largest absolute Gasteiger partial charge is 0.496 e. The van der Waals surface area contributed by atoms with Gasteiger partial charge in [0.25, 0.3) is 0 Å². The van der Waals surface area contributed by atoms with Gasteiger partial charge in [-0.3, -0.25) is 0 Å². The molecule has 0 aromatic heterocycles. The molecule has 1 rings (SSSR count). The fourth-order valence-electron chi connectivity index (χ4n) is 2.85. The van der Waals surface area contributed by atoms with Crippen LogP contribution in [0.25, 0.3) is 0 Å². The summed E-state index contributed by atoms with van der Waals surface area (Å²) in [4.78, 5) is 0. The van der Waals surface area contributed by atoms with E-state index in [9.17, 15) is 5.11 Å². The van der Waals surface area contributed by atoms with Crippen LogP contribution in [-0.2, 0) is 0 Å². The molecule has 2 N–H and O–H groups in total. The predicted octanol–water partition coefficient (Wildman–Crippen LogP) is 3.55. The lowest BCUT2D eigenvalue weighted by atomic mass is 9.85. The average Bonchev–Trinajstić information content (AvgIpc) is 2.42. The van der Waals surface area contributed by atoms with Crippen molar-refractivity contribution in [1.82, 2.24) is 5.32 Å². The van der Waals surface area contributed by atoms with Crippen molar-refractivity contribution in [2.45, 2.75) is 40.7 Å². The van der Waals surface area contributed by atoms with Crippen LogP contribution in [0.4, 0.5) is 0 Å². The van der Waals surface area contributed by atoms with Crippen LogP contribution in [0, 0.1) is 24.7 Å². The lowest BCUT2D eigenvalue weighted by Gasteiger charge is -2.26. The molecule has 0 amide bonds. The number of aliphatic hydroxyl groups is 1. The smallest absolute Gasteiger partial charge is 0.124 e. The van der Waals surface area contributed by atoms with E-state index in [-0.39, 0.29) is 0 Å². The topological polar surface area (TPSA) is 41.5 Å². The van der Waals surface area contributed by atoms with E-state index in [1.165, 1.54) is 0 Å². The molecule has 0 aliphatic heterocycles. The average molecular weight is 293 g/mol. The number of aliphatic hydroxyl groups excluding tert-OH is 1. The Morgan fingerprint density at radius 2 is 1.71 bits per heavy atom. The van der Waals surface area contributed by atoms with Gasteiger partial charge in [0.2, 0.25) is 0 Å². The zero-order chi connectivity index (χ0) is 16.0. The number of methoxy groups -OCH3 is 1. The summed E-state index contributed by atoms with van der Waals surface area (Å²) >= 11 is 0. The van der Waals surface area contributed by atoms with Crippen LogP contribution in [0.15, 0.2) is 18.2 Å². The van der Waals surface area contributed by atoms with Gasteiger partial charge in [0.05, 0.1) is 13.2 Å². The van der Waals surface area contributed by atoms with Crippen molar-refractivity contribution in [1.29, 1.82) is 0 Å². The highest BCUT2D eigenvalue weighted by Gasteiger charge is 2.18. The summed E-state index contributed by atoms with van der Waals surface area (Å²) in [6.07, 6.45) is -0.542. The third-order valence-corrected chi connectivity index (χ3v) is 4.17. The highest BCUT2D eigenvalue weighted by molar-refractivity contribution is 5.38. The molecule has 0 spiro atoms. The number of aryl methyl sites for hydroxylation is 1. The van der Waals surface area contributed by atoms with Gasteiger partial charge in [0.1, 0.15) is 5.75 Å². The number of hydrogen-bond donors (Lipinski definition) is 2. The van der Waals surface area contributed by atoms with Gasteiger partial charge in [-0.05, 0) is 43.4 Å².